The van der Waals surface area contributed by atoms with Crippen LogP contribution in [0.3, 0.4) is 0 Å². The van der Waals surface area contributed by atoms with Crippen LogP contribution in [0.1, 0.15) is 67.7 Å². The van der Waals surface area contributed by atoms with Gasteiger partial charge in [0, 0.05) is 20.9 Å². The third kappa shape index (κ3) is 15.6. The van der Waals surface area contributed by atoms with Crippen LogP contribution in [0.2, 0.25) is 16.6 Å². The lowest BCUT2D eigenvalue weighted by Crippen LogP contribution is -2.24. The molecule has 0 aliphatic heterocycles. The van der Waals surface area contributed by atoms with Crippen molar-refractivity contribution in [2.75, 3.05) is 6.61 Å². The average molecular weight is 345 g/mol. The van der Waals surface area contributed by atoms with Gasteiger partial charge in [-0.15, -0.1) is 0 Å². The average Bonchev–Trinajstić information content (AvgIpc) is 2.40. The zero-order valence-corrected chi connectivity index (χ0v) is 17.1. The van der Waals surface area contributed by atoms with E-state index in [1.165, 1.54) is 0 Å². The Balaban J connectivity index is 0. The topological polar surface area (TPSA) is 63.6 Å². The highest BCUT2D eigenvalue weighted by atomic mass is 28.3. The van der Waals surface area contributed by atoms with E-state index < -0.39 is 20.7 Å². The van der Waals surface area contributed by atoms with E-state index >= 15 is 0 Å². The molecule has 0 saturated heterocycles. The Labute approximate surface area is 143 Å². The minimum Gasteiger partial charge on any atom is -0.478 e. The van der Waals surface area contributed by atoms with Crippen molar-refractivity contribution in [1.29, 1.82) is 0 Å². The Morgan fingerprint density at radius 1 is 0.957 bits per heavy atom. The van der Waals surface area contributed by atoms with Crippen LogP contribution in [0.4, 0.5) is 0 Å². The maximum atomic E-state index is 10.7. The van der Waals surface area contributed by atoms with Crippen molar-refractivity contribution in [3.05, 3.63) is 12.2 Å². The van der Waals surface area contributed by atoms with Crippen molar-refractivity contribution in [3.63, 3.8) is 0 Å². The fourth-order valence-electron chi connectivity index (χ4n) is 3.02. The van der Waals surface area contributed by atoms with Crippen LogP contribution < -0.4 is 0 Å². The van der Waals surface area contributed by atoms with Crippen LogP contribution in [0.25, 0.3) is 0 Å². The number of ether oxygens (including phenoxy) is 1. The van der Waals surface area contributed by atoms with Crippen molar-refractivity contribution < 1.29 is 19.4 Å². The first-order chi connectivity index (χ1) is 10.6. The first-order valence-electron chi connectivity index (χ1n) is 8.71. The highest BCUT2D eigenvalue weighted by Crippen LogP contribution is 2.28. The molecule has 0 atom stereocenters. The van der Waals surface area contributed by atoms with E-state index in [-0.39, 0.29) is 0 Å². The van der Waals surface area contributed by atoms with Gasteiger partial charge in [-0.1, -0.05) is 77.9 Å². The summed E-state index contributed by atoms with van der Waals surface area (Å²) in [7, 11) is -0.454. The van der Waals surface area contributed by atoms with Gasteiger partial charge >= 0.3 is 11.9 Å². The number of carboxylic acids is 1. The van der Waals surface area contributed by atoms with Gasteiger partial charge in [0.2, 0.25) is 0 Å². The van der Waals surface area contributed by atoms with Gasteiger partial charge in [0.25, 0.3) is 0 Å². The lowest BCUT2D eigenvalue weighted by molar-refractivity contribution is -0.138. The second-order valence-electron chi connectivity index (χ2n) is 6.86. The molecule has 136 valence electrons. The molecule has 0 heterocycles. The minimum atomic E-state index is -1.15. The summed E-state index contributed by atoms with van der Waals surface area (Å²) < 4.78 is 4.71. The largest absolute Gasteiger partial charge is 0.478 e. The van der Waals surface area contributed by atoms with Gasteiger partial charge in [-0.2, -0.15) is 0 Å². The second kappa shape index (κ2) is 14.5. The lowest BCUT2D eigenvalue weighted by Gasteiger charge is -2.26. The van der Waals surface area contributed by atoms with Gasteiger partial charge in [-0.25, -0.2) is 9.59 Å². The van der Waals surface area contributed by atoms with Crippen LogP contribution in [0.15, 0.2) is 12.2 Å². The summed E-state index contributed by atoms with van der Waals surface area (Å²) in [4.78, 5) is 20.7. The second-order valence-corrected chi connectivity index (χ2v) is 12.0. The zero-order chi connectivity index (χ0) is 18.4. The molecule has 0 spiro atoms. The fraction of sp³-hybridized carbons (Fsp3) is 0.778. The van der Waals surface area contributed by atoms with Gasteiger partial charge in [-0.05, 0) is 6.42 Å². The maximum Gasteiger partial charge on any atom is 0.331 e. The number of aliphatic carboxylic acids is 1. The van der Waals surface area contributed by atoms with E-state index in [1.807, 2.05) is 6.92 Å². The molecule has 23 heavy (non-hydrogen) atoms. The van der Waals surface area contributed by atoms with Crippen molar-refractivity contribution in [2.45, 2.75) is 84.4 Å². The molecule has 1 N–H and O–H groups in total. The Hall–Kier alpha value is -1.10. The van der Waals surface area contributed by atoms with Gasteiger partial charge < -0.3 is 9.84 Å². The zero-order valence-electron chi connectivity index (χ0n) is 16.0. The van der Waals surface area contributed by atoms with Crippen LogP contribution in [-0.4, -0.2) is 32.4 Å². The number of hydrogen-bond acceptors (Lipinski definition) is 3. The molecule has 0 bridgehead atoms. The van der Waals surface area contributed by atoms with Gasteiger partial charge in [0.15, 0.2) is 0 Å². The predicted octanol–water partition coefficient (Wildman–Crippen LogP) is 4.80. The Morgan fingerprint density at radius 2 is 1.43 bits per heavy atom. The highest BCUT2D eigenvalue weighted by molar-refractivity contribution is 6.63. The summed E-state index contributed by atoms with van der Waals surface area (Å²) in [6.07, 6.45) is 4.57. The summed E-state index contributed by atoms with van der Waals surface area (Å²) >= 11 is 0. The molecular formula is C18H36O4Si. The van der Waals surface area contributed by atoms with Crippen molar-refractivity contribution in [1.82, 2.24) is 0 Å². The van der Waals surface area contributed by atoms with Crippen LogP contribution in [0.5, 0.6) is 0 Å². The number of unbranched alkanes of at least 4 members (excludes halogenated alkanes) is 2. The van der Waals surface area contributed by atoms with Crippen molar-refractivity contribution >= 4 is 20.7 Å². The highest BCUT2D eigenvalue weighted by Gasteiger charge is 2.22. The van der Waals surface area contributed by atoms with E-state index in [0.29, 0.717) is 6.61 Å². The molecule has 4 nitrogen and oxygen atoms in total. The number of carbonyl (C=O) groups is 2. The molecule has 0 saturated carbocycles. The number of hydrogen-bond donors (Lipinski definition) is 1. The van der Waals surface area contributed by atoms with E-state index in [0.717, 1.165) is 48.0 Å². The smallest absolute Gasteiger partial charge is 0.331 e. The number of esters is 1. The van der Waals surface area contributed by atoms with Gasteiger partial charge in [0.1, 0.15) is 0 Å². The molecule has 0 unspecified atom stereocenters. The Kier molecular flexibility index (Phi) is 15.2. The number of carbonyl (C=O) groups excluding carboxylic acids is 1. The molecule has 5 heteroatoms. The molecule has 0 radical (unpaired) electrons. The molecule has 0 aromatic carbocycles. The molecule has 0 aromatic rings. The molecule has 0 aromatic heterocycles. The summed E-state index contributed by atoms with van der Waals surface area (Å²) in [5.74, 6) is -1.75. The van der Waals surface area contributed by atoms with E-state index in [1.54, 1.807) is 0 Å². The van der Waals surface area contributed by atoms with E-state index in [2.05, 4.69) is 41.5 Å². The van der Waals surface area contributed by atoms with Gasteiger partial charge in [-0.3, -0.25) is 0 Å². The summed E-state index contributed by atoms with van der Waals surface area (Å²) in [5.41, 5.74) is 2.92. The molecular weight excluding hydrogens is 308 g/mol. The minimum absolute atomic E-state index is 0.358. The van der Waals surface area contributed by atoms with Crippen LogP contribution >= 0.6 is 0 Å². The van der Waals surface area contributed by atoms with Crippen LogP contribution in [0, 0.1) is 0 Å². The van der Waals surface area contributed by atoms with Crippen LogP contribution in [-0.2, 0) is 14.3 Å². The summed E-state index contributed by atoms with van der Waals surface area (Å²) in [6, 6.07) is 0. The molecule has 0 aliphatic rings. The normalized spacial score (nSPS) is 11.3. The first kappa shape index (κ1) is 24.2. The van der Waals surface area contributed by atoms with Gasteiger partial charge in [0.05, 0.1) is 6.61 Å². The quantitative estimate of drug-likeness (QED) is 0.282. The molecule has 0 rings (SSSR count). The third-order valence-electron chi connectivity index (χ3n) is 3.66. The standard InChI is InChI=1S/C9H14O4.C9H22Si/c1-2-3-4-7-13-9(12)6-5-8(10)11;1-7(2)10(8(3)4)9(5)6/h5-6H,2-4,7H2,1H3,(H,10,11);7-10H,1-6H3/b6-5+;. The van der Waals surface area contributed by atoms with Crippen molar-refractivity contribution in [2.24, 2.45) is 0 Å². The number of carboxylic acid groups (broad SMARTS) is 1. The molecule has 0 aliphatic carbocycles. The van der Waals surface area contributed by atoms with Crippen molar-refractivity contribution in [3.8, 4) is 0 Å². The number of rotatable bonds is 9. The van der Waals surface area contributed by atoms with E-state index in [4.69, 9.17) is 9.84 Å². The third-order valence-corrected chi connectivity index (χ3v) is 8.28. The maximum absolute atomic E-state index is 10.7. The Morgan fingerprint density at radius 3 is 1.74 bits per heavy atom. The lowest BCUT2D eigenvalue weighted by atomic mass is 10.3. The fourth-order valence-corrected chi connectivity index (χ4v) is 7.64. The monoisotopic (exact) mass is 344 g/mol. The first-order valence-corrected chi connectivity index (χ1v) is 10.7. The SMILES string of the molecule is CC(C)[SiH](C(C)C)C(C)C.CCCCCOC(=O)/C=C/C(=O)O. The summed E-state index contributed by atoms with van der Waals surface area (Å²) in [6.45, 7) is 16.7. The summed E-state index contributed by atoms with van der Waals surface area (Å²) in [5, 5.41) is 8.18. The predicted molar refractivity (Wildman–Crippen MR) is 99.7 cm³/mol. The molecule has 0 amide bonds. The Bertz CT molecular complexity index is 330. The van der Waals surface area contributed by atoms with E-state index in [9.17, 15) is 9.59 Å². The molecule has 0 fully saturated rings.